The summed E-state index contributed by atoms with van der Waals surface area (Å²) in [7, 11) is 0. The first kappa shape index (κ1) is 19.0. The van der Waals surface area contributed by atoms with E-state index in [0.717, 1.165) is 23.1 Å². The van der Waals surface area contributed by atoms with Crippen molar-refractivity contribution in [2.45, 2.75) is 6.36 Å². The summed E-state index contributed by atoms with van der Waals surface area (Å²) in [5, 5.41) is 11.6. The van der Waals surface area contributed by atoms with E-state index in [4.69, 9.17) is 5.11 Å². The zero-order valence-electron chi connectivity index (χ0n) is 11.7. The number of carbonyl (C=O) groups is 2. The van der Waals surface area contributed by atoms with E-state index in [1.54, 1.807) is 22.6 Å². The molecule has 2 amide bonds. The molecule has 0 aromatic heterocycles. The molecule has 1 aromatic carbocycles. The summed E-state index contributed by atoms with van der Waals surface area (Å²) in [5.41, 5.74) is 0.264. The van der Waals surface area contributed by atoms with Crippen LogP contribution in [0.3, 0.4) is 0 Å². The molecule has 0 fully saturated rings. The Morgan fingerprint density at radius 1 is 1.33 bits per heavy atom. The lowest BCUT2D eigenvalue weighted by atomic mass is 10.3. The lowest BCUT2D eigenvalue weighted by Gasteiger charge is -2.16. The fraction of sp³-hybridized carbons (Fsp3) is 0.231. The highest BCUT2D eigenvalue weighted by atomic mass is 127. The fourth-order valence-electron chi connectivity index (χ4n) is 1.91. The minimum absolute atomic E-state index is 0.0449. The number of rotatable bonds is 5. The predicted molar refractivity (Wildman–Crippen MR) is 89.1 cm³/mol. The molecular weight excluding hydrogens is 512 g/mol. The Balaban J connectivity index is 2.24. The molecular formula is C13H9BrF3IN2O4. The average molecular weight is 521 g/mol. The number of carbonyl (C=O) groups excluding carboxylic acids is 2. The van der Waals surface area contributed by atoms with Crippen LogP contribution in [0.1, 0.15) is 0 Å². The van der Waals surface area contributed by atoms with Crippen molar-refractivity contribution < 1.29 is 32.6 Å². The van der Waals surface area contributed by atoms with E-state index >= 15 is 0 Å². The topological polar surface area (TPSA) is 78.9 Å². The number of β-amino-alcohol motifs (C(OH)–C–C–N with tert-alkyl or cyclic N) is 1. The highest BCUT2D eigenvalue weighted by molar-refractivity contribution is 14.1. The van der Waals surface area contributed by atoms with Crippen LogP contribution in [0.2, 0.25) is 0 Å². The minimum atomic E-state index is -4.82. The Hall–Kier alpha value is -1.34. The van der Waals surface area contributed by atoms with Gasteiger partial charge in [-0.25, -0.2) is 0 Å². The second kappa shape index (κ2) is 7.27. The molecule has 0 radical (unpaired) electrons. The Bertz CT molecular complexity index is 701. The van der Waals surface area contributed by atoms with Gasteiger partial charge in [-0.2, -0.15) is 0 Å². The predicted octanol–water partition coefficient (Wildman–Crippen LogP) is 2.61. The van der Waals surface area contributed by atoms with E-state index in [2.05, 4.69) is 26.0 Å². The molecule has 0 spiro atoms. The molecule has 1 aliphatic rings. The maximum atomic E-state index is 12.3. The third kappa shape index (κ3) is 4.39. The third-order valence-corrected chi connectivity index (χ3v) is 4.32. The summed E-state index contributed by atoms with van der Waals surface area (Å²) in [6, 6.07) is 2.22. The van der Waals surface area contributed by atoms with E-state index in [0.29, 0.717) is 9.26 Å². The van der Waals surface area contributed by atoms with Crippen molar-refractivity contribution in [2.24, 2.45) is 0 Å². The number of benzene rings is 1. The summed E-state index contributed by atoms with van der Waals surface area (Å²) in [6.45, 7) is -0.515. The normalized spacial score (nSPS) is 14.9. The number of hydrogen-bond acceptors (Lipinski definition) is 5. The van der Waals surface area contributed by atoms with Crippen molar-refractivity contribution in [3.63, 3.8) is 0 Å². The van der Waals surface area contributed by atoms with Crippen molar-refractivity contribution in [1.29, 1.82) is 0 Å². The Kier molecular flexibility index (Phi) is 5.75. The van der Waals surface area contributed by atoms with E-state index < -0.39 is 23.9 Å². The lowest BCUT2D eigenvalue weighted by Crippen LogP contribution is -2.34. The molecule has 0 saturated carbocycles. The molecule has 1 heterocycles. The van der Waals surface area contributed by atoms with Crippen LogP contribution in [0.15, 0.2) is 28.4 Å². The molecule has 24 heavy (non-hydrogen) atoms. The van der Waals surface area contributed by atoms with E-state index in [-0.39, 0.29) is 23.3 Å². The number of anilines is 1. The number of hydrogen-bond donors (Lipinski definition) is 2. The first-order valence-electron chi connectivity index (χ1n) is 6.32. The second-order valence-electron chi connectivity index (χ2n) is 4.51. The number of aliphatic hydroxyl groups excluding tert-OH is 1. The van der Waals surface area contributed by atoms with Gasteiger partial charge in [0.05, 0.1) is 18.8 Å². The fourth-order valence-corrected chi connectivity index (χ4v) is 3.55. The zero-order valence-corrected chi connectivity index (χ0v) is 15.4. The van der Waals surface area contributed by atoms with Gasteiger partial charge < -0.3 is 15.2 Å². The minimum Gasteiger partial charge on any atom is -0.406 e. The highest BCUT2D eigenvalue weighted by Crippen LogP contribution is 2.36. The Labute approximate surface area is 155 Å². The highest BCUT2D eigenvalue weighted by Gasteiger charge is 2.33. The molecule has 0 atom stereocenters. The number of imide groups is 1. The van der Waals surface area contributed by atoms with Crippen LogP contribution >= 0.6 is 38.5 Å². The van der Waals surface area contributed by atoms with Gasteiger partial charge in [-0.1, -0.05) is 0 Å². The molecule has 0 aliphatic carbocycles. The molecule has 0 saturated heterocycles. The van der Waals surface area contributed by atoms with Gasteiger partial charge in [0.15, 0.2) is 0 Å². The van der Waals surface area contributed by atoms with Crippen LogP contribution in [-0.2, 0) is 9.59 Å². The maximum Gasteiger partial charge on any atom is 0.573 e. The number of nitrogens with one attached hydrogen (secondary N) is 1. The summed E-state index contributed by atoms with van der Waals surface area (Å²) in [5.74, 6) is -1.64. The standard InChI is InChI=1S/C13H9BrF3IN2O4/c14-7-3-6(24-13(15,16)17)4-8(18)11(7)19-9-5-10(22)20(1-2-21)12(9)23/h3-5,19,21H,1-2H2. The Morgan fingerprint density at radius 2 is 2.00 bits per heavy atom. The average Bonchev–Trinajstić information content (AvgIpc) is 2.69. The van der Waals surface area contributed by atoms with Gasteiger partial charge in [-0.05, 0) is 50.7 Å². The molecule has 11 heteroatoms. The molecule has 1 aromatic rings. The van der Waals surface area contributed by atoms with Crippen LogP contribution in [0, 0.1) is 3.57 Å². The van der Waals surface area contributed by atoms with E-state index in [9.17, 15) is 22.8 Å². The SMILES string of the molecule is O=C1C=C(Nc2c(Br)cc(OC(F)(F)F)cc2I)C(=O)N1CCO. The van der Waals surface area contributed by atoms with Crippen LogP contribution in [0.5, 0.6) is 5.75 Å². The van der Waals surface area contributed by atoms with Crippen LogP contribution < -0.4 is 10.1 Å². The number of nitrogens with zero attached hydrogens (tertiary/aromatic N) is 1. The van der Waals surface area contributed by atoms with Crippen molar-refractivity contribution in [2.75, 3.05) is 18.5 Å². The maximum absolute atomic E-state index is 12.3. The van der Waals surface area contributed by atoms with Crippen molar-refractivity contribution in [3.05, 3.63) is 31.9 Å². The summed E-state index contributed by atoms with van der Waals surface area (Å²) in [4.78, 5) is 24.6. The first-order valence-corrected chi connectivity index (χ1v) is 8.19. The quantitative estimate of drug-likeness (QED) is 0.461. The smallest absolute Gasteiger partial charge is 0.406 e. The molecule has 0 unspecified atom stereocenters. The number of aliphatic hydroxyl groups is 1. The van der Waals surface area contributed by atoms with Gasteiger partial charge in [0, 0.05) is 14.1 Å². The lowest BCUT2D eigenvalue weighted by molar-refractivity contribution is -0.274. The number of halogens is 5. The van der Waals surface area contributed by atoms with Crippen LogP contribution in [-0.4, -0.2) is 41.3 Å². The third-order valence-electron chi connectivity index (χ3n) is 2.84. The molecule has 6 nitrogen and oxygen atoms in total. The molecule has 2 N–H and O–H groups in total. The van der Waals surface area contributed by atoms with E-state index in [1.807, 2.05) is 0 Å². The van der Waals surface area contributed by atoms with Crippen LogP contribution in [0.4, 0.5) is 18.9 Å². The molecule has 1 aliphatic heterocycles. The van der Waals surface area contributed by atoms with Gasteiger partial charge in [0.2, 0.25) is 0 Å². The first-order chi connectivity index (χ1) is 11.1. The van der Waals surface area contributed by atoms with Gasteiger partial charge in [-0.3, -0.25) is 14.5 Å². The van der Waals surface area contributed by atoms with Gasteiger partial charge in [-0.15, -0.1) is 13.2 Å². The van der Waals surface area contributed by atoms with Crippen molar-refractivity contribution in [1.82, 2.24) is 4.90 Å². The van der Waals surface area contributed by atoms with Crippen molar-refractivity contribution >= 4 is 56.0 Å². The summed E-state index contributed by atoms with van der Waals surface area (Å²) in [6.07, 6.45) is -3.76. The van der Waals surface area contributed by atoms with Gasteiger partial charge in [0.1, 0.15) is 11.4 Å². The van der Waals surface area contributed by atoms with E-state index in [1.165, 1.54) is 0 Å². The van der Waals surface area contributed by atoms with Crippen LogP contribution in [0.25, 0.3) is 0 Å². The summed E-state index contributed by atoms with van der Waals surface area (Å²) >= 11 is 4.87. The molecule has 0 bridgehead atoms. The number of ether oxygens (including phenoxy) is 1. The van der Waals surface area contributed by atoms with Crippen molar-refractivity contribution in [3.8, 4) is 5.75 Å². The number of alkyl halides is 3. The monoisotopic (exact) mass is 520 g/mol. The summed E-state index contributed by atoms with van der Waals surface area (Å²) < 4.78 is 41.2. The second-order valence-corrected chi connectivity index (χ2v) is 6.53. The van der Waals surface area contributed by atoms with Gasteiger partial charge >= 0.3 is 6.36 Å². The molecule has 2 rings (SSSR count). The van der Waals surface area contributed by atoms with Gasteiger partial charge in [0.25, 0.3) is 11.8 Å². The number of amides is 2. The zero-order chi connectivity index (χ0) is 18.1. The largest absolute Gasteiger partial charge is 0.573 e. The Morgan fingerprint density at radius 3 is 2.54 bits per heavy atom. The molecule has 130 valence electrons.